The smallest absolute Gasteiger partial charge is 0.253 e. The minimum absolute atomic E-state index is 0.0513. The first-order valence-corrected chi connectivity index (χ1v) is 10.6. The van der Waals surface area contributed by atoms with E-state index in [9.17, 15) is 13.2 Å². The van der Waals surface area contributed by atoms with Crippen molar-refractivity contribution in [2.45, 2.75) is 11.8 Å². The van der Waals surface area contributed by atoms with Crippen LogP contribution in [0.1, 0.15) is 15.9 Å². The van der Waals surface area contributed by atoms with Crippen molar-refractivity contribution in [3.05, 3.63) is 65.7 Å². The molecule has 0 bridgehead atoms. The largest absolute Gasteiger partial charge is 0.336 e. The summed E-state index contributed by atoms with van der Waals surface area (Å²) in [6.45, 7) is 5.63. The molecular weight excluding hydrogens is 362 g/mol. The fraction of sp³-hybridized carbons (Fsp3) is 0.350. The molecule has 144 valence electrons. The third-order valence-electron chi connectivity index (χ3n) is 4.70. The van der Waals surface area contributed by atoms with Gasteiger partial charge in [0.1, 0.15) is 0 Å². The van der Waals surface area contributed by atoms with Gasteiger partial charge >= 0.3 is 0 Å². The summed E-state index contributed by atoms with van der Waals surface area (Å²) in [6.07, 6.45) is 0. The normalized spacial score (nSPS) is 15.7. The number of aryl methyl sites for hydroxylation is 1. The molecule has 0 radical (unpaired) electrons. The van der Waals surface area contributed by atoms with Gasteiger partial charge < -0.3 is 4.90 Å². The molecule has 2 aromatic carbocycles. The van der Waals surface area contributed by atoms with Crippen LogP contribution in [0.2, 0.25) is 0 Å². The summed E-state index contributed by atoms with van der Waals surface area (Å²) in [5, 5.41) is 0. The van der Waals surface area contributed by atoms with Gasteiger partial charge in [-0.25, -0.2) is 13.1 Å². The monoisotopic (exact) mass is 387 g/mol. The number of hydrogen-bond donors (Lipinski definition) is 1. The van der Waals surface area contributed by atoms with E-state index in [0.29, 0.717) is 36.6 Å². The third kappa shape index (κ3) is 5.15. The van der Waals surface area contributed by atoms with E-state index in [2.05, 4.69) is 9.62 Å². The molecule has 1 heterocycles. The van der Waals surface area contributed by atoms with Crippen LogP contribution in [0.15, 0.2) is 59.5 Å². The molecule has 27 heavy (non-hydrogen) atoms. The Hall–Kier alpha value is -2.22. The zero-order valence-electron chi connectivity index (χ0n) is 15.5. The van der Waals surface area contributed by atoms with E-state index in [0.717, 1.165) is 18.7 Å². The summed E-state index contributed by atoms with van der Waals surface area (Å²) >= 11 is 0. The van der Waals surface area contributed by atoms with Crippen LogP contribution in [0.5, 0.6) is 0 Å². The van der Waals surface area contributed by atoms with Gasteiger partial charge in [-0.3, -0.25) is 9.69 Å². The van der Waals surface area contributed by atoms with Crippen LogP contribution in [0.25, 0.3) is 0 Å². The molecule has 2 aromatic rings. The first kappa shape index (κ1) is 19.5. The van der Waals surface area contributed by atoms with Crippen molar-refractivity contribution in [2.75, 3.05) is 39.3 Å². The number of piperazine rings is 1. The molecule has 3 rings (SSSR count). The number of benzene rings is 2. The molecule has 1 aliphatic heterocycles. The predicted molar refractivity (Wildman–Crippen MR) is 105 cm³/mol. The molecular formula is C20H25N3O3S. The Bertz CT molecular complexity index is 876. The SMILES string of the molecule is Cc1cccc(S(=O)(=O)NCCN2CCN(C(=O)c3ccccc3)CC2)c1. The maximum absolute atomic E-state index is 12.5. The standard InChI is InChI=1S/C20H25N3O3S/c1-17-6-5-9-19(16-17)27(25,26)21-10-11-22-12-14-23(15-13-22)20(24)18-7-3-2-4-8-18/h2-9,16,21H,10-15H2,1H3. The van der Waals surface area contributed by atoms with Crippen molar-refractivity contribution in [2.24, 2.45) is 0 Å². The van der Waals surface area contributed by atoms with Crippen LogP contribution in [-0.4, -0.2) is 63.4 Å². The molecule has 0 unspecified atom stereocenters. The van der Waals surface area contributed by atoms with Crippen molar-refractivity contribution in [1.82, 2.24) is 14.5 Å². The summed E-state index contributed by atoms with van der Waals surface area (Å²) in [5.74, 6) is 0.0513. The molecule has 1 fully saturated rings. The molecule has 0 spiro atoms. The molecule has 1 saturated heterocycles. The van der Waals surface area contributed by atoms with Gasteiger partial charge in [0.2, 0.25) is 10.0 Å². The molecule has 7 heteroatoms. The molecule has 0 aliphatic carbocycles. The Labute approximate surface area is 160 Å². The number of carbonyl (C=O) groups excluding carboxylic acids is 1. The van der Waals surface area contributed by atoms with Crippen molar-refractivity contribution in [3.63, 3.8) is 0 Å². The quantitative estimate of drug-likeness (QED) is 0.820. The number of sulfonamides is 1. The maximum Gasteiger partial charge on any atom is 0.253 e. The fourth-order valence-electron chi connectivity index (χ4n) is 3.14. The van der Waals surface area contributed by atoms with E-state index >= 15 is 0 Å². The second kappa shape index (κ2) is 8.65. The highest BCUT2D eigenvalue weighted by Crippen LogP contribution is 2.11. The van der Waals surface area contributed by atoms with Gasteiger partial charge in [-0.05, 0) is 36.8 Å². The van der Waals surface area contributed by atoms with E-state index in [1.807, 2.05) is 48.2 Å². The highest BCUT2D eigenvalue weighted by Gasteiger charge is 2.22. The molecule has 1 amide bonds. The van der Waals surface area contributed by atoms with Crippen LogP contribution in [0, 0.1) is 6.92 Å². The van der Waals surface area contributed by atoms with Crippen molar-refractivity contribution >= 4 is 15.9 Å². The van der Waals surface area contributed by atoms with Gasteiger partial charge in [-0.1, -0.05) is 30.3 Å². The number of nitrogens with zero attached hydrogens (tertiary/aromatic N) is 2. The minimum Gasteiger partial charge on any atom is -0.336 e. The van der Waals surface area contributed by atoms with E-state index in [-0.39, 0.29) is 5.91 Å². The number of nitrogens with one attached hydrogen (secondary N) is 1. The molecule has 0 saturated carbocycles. The van der Waals surface area contributed by atoms with Crippen LogP contribution in [0.3, 0.4) is 0 Å². The summed E-state index contributed by atoms with van der Waals surface area (Å²) < 4.78 is 27.3. The predicted octanol–water partition coefficient (Wildman–Crippen LogP) is 1.73. The van der Waals surface area contributed by atoms with Gasteiger partial charge in [-0.15, -0.1) is 0 Å². The Balaban J connectivity index is 1.45. The zero-order valence-corrected chi connectivity index (χ0v) is 16.3. The summed E-state index contributed by atoms with van der Waals surface area (Å²) in [5.41, 5.74) is 1.62. The number of carbonyl (C=O) groups is 1. The Morgan fingerprint density at radius 3 is 2.37 bits per heavy atom. The second-order valence-electron chi connectivity index (χ2n) is 6.71. The number of rotatable bonds is 6. The molecule has 1 N–H and O–H groups in total. The lowest BCUT2D eigenvalue weighted by Crippen LogP contribution is -2.50. The highest BCUT2D eigenvalue weighted by molar-refractivity contribution is 7.89. The van der Waals surface area contributed by atoms with Crippen LogP contribution in [-0.2, 0) is 10.0 Å². The number of hydrogen-bond acceptors (Lipinski definition) is 4. The first-order chi connectivity index (χ1) is 13.0. The average Bonchev–Trinajstić information content (AvgIpc) is 2.68. The lowest BCUT2D eigenvalue weighted by molar-refractivity contribution is 0.0640. The molecule has 1 aliphatic rings. The Morgan fingerprint density at radius 1 is 1.00 bits per heavy atom. The summed E-state index contributed by atoms with van der Waals surface area (Å²) in [7, 11) is -3.49. The van der Waals surface area contributed by atoms with Crippen molar-refractivity contribution in [1.29, 1.82) is 0 Å². The van der Waals surface area contributed by atoms with Gasteiger partial charge in [0.15, 0.2) is 0 Å². The zero-order chi connectivity index (χ0) is 19.3. The van der Waals surface area contributed by atoms with Gasteiger partial charge in [0.05, 0.1) is 4.90 Å². The number of amides is 1. The summed E-state index contributed by atoms with van der Waals surface area (Å²) in [4.78, 5) is 16.8. The van der Waals surface area contributed by atoms with Gasteiger partial charge in [0, 0.05) is 44.8 Å². The summed E-state index contributed by atoms with van der Waals surface area (Å²) in [6, 6.07) is 16.2. The van der Waals surface area contributed by atoms with Crippen LogP contribution >= 0.6 is 0 Å². The Kier molecular flexibility index (Phi) is 6.26. The molecule has 0 aromatic heterocycles. The van der Waals surface area contributed by atoms with Crippen molar-refractivity contribution < 1.29 is 13.2 Å². The highest BCUT2D eigenvalue weighted by atomic mass is 32.2. The van der Waals surface area contributed by atoms with E-state index in [4.69, 9.17) is 0 Å². The van der Waals surface area contributed by atoms with Crippen molar-refractivity contribution in [3.8, 4) is 0 Å². The average molecular weight is 388 g/mol. The topological polar surface area (TPSA) is 69.7 Å². The van der Waals surface area contributed by atoms with Crippen LogP contribution < -0.4 is 4.72 Å². The van der Waals surface area contributed by atoms with E-state index in [1.165, 1.54) is 0 Å². The molecule has 6 nitrogen and oxygen atoms in total. The Morgan fingerprint density at radius 2 is 1.70 bits per heavy atom. The third-order valence-corrected chi connectivity index (χ3v) is 6.16. The van der Waals surface area contributed by atoms with E-state index < -0.39 is 10.0 Å². The maximum atomic E-state index is 12.5. The van der Waals surface area contributed by atoms with E-state index in [1.54, 1.807) is 18.2 Å². The fourth-order valence-corrected chi connectivity index (χ4v) is 4.27. The minimum atomic E-state index is -3.49. The van der Waals surface area contributed by atoms with Gasteiger partial charge in [0.25, 0.3) is 5.91 Å². The molecule has 0 atom stereocenters. The second-order valence-corrected chi connectivity index (χ2v) is 8.48. The first-order valence-electron chi connectivity index (χ1n) is 9.09. The van der Waals surface area contributed by atoms with Crippen LogP contribution in [0.4, 0.5) is 0 Å². The van der Waals surface area contributed by atoms with Gasteiger partial charge in [-0.2, -0.15) is 0 Å². The lowest BCUT2D eigenvalue weighted by atomic mass is 10.2. The lowest BCUT2D eigenvalue weighted by Gasteiger charge is -2.34.